The van der Waals surface area contributed by atoms with Crippen molar-refractivity contribution in [2.24, 2.45) is 5.92 Å². The number of anilines is 1. The minimum Gasteiger partial charge on any atom is -0.351 e. The Morgan fingerprint density at radius 1 is 1.24 bits per heavy atom. The number of fused-ring (bicyclic) bond motifs is 1. The first-order valence-corrected chi connectivity index (χ1v) is 9.53. The van der Waals surface area contributed by atoms with Crippen molar-refractivity contribution in [1.29, 1.82) is 0 Å². The molecule has 1 atom stereocenters. The van der Waals surface area contributed by atoms with Crippen molar-refractivity contribution >= 4 is 16.5 Å². The van der Waals surface area contributed by atoms with Crippen molar-refractivity contribution in [3.05, 3.63) is 10.6 Å². The van der Waals surface area contributed by atoms with Gasteiger partial charge in [-0.15, -0.1) is 0 Å². The average molecular weight is 308 g/mol. The zero-order chi connectivity index (χ0) is 14.7. The number of nitrogens with one attached hydrogen (secondary N) is 1. The van der Waals surface area contributed by atoms with E-state index in [0.29, 0.717) is 6.04 Å². The molecule has 1 fully saturated rings. The highest BCUT2D eigenvalue weighted by Gasteiger charge is 2.26. The minimum absolute atomic E-state index is 0.555. The van der Waals surface area contributed by atoms with E-state index >= 15 is 0 Å². The third-order valence-corrected chi connectivity index (χ3v) is 6.24. The van der Waals surface area contributed by atoms with E-state index in [2.05, 4.69) is 24.2 Å². The highest BCUT2D eigenvalue weighted by atomic mass is 32.1. The molecule has 1 N–H and O–H groups in total. The highest BCUT2D eigenvalue weighted by Crippen LogP contribution is 2.38. The molecule has 3 rings (SSSR count). The van der Waals surface area contributed by atoms with Crippen LogP contribution in [0.1, 0.15) is 68.5 Å². The van der Waals surface area contributed by atoms with Crippen molar-refractivity contribution in [3.8, 4) is 0 Å². The molecule has 21 heavy (non-hydrogen) atoms. The van der Waals surface area contributed by atoms with Crippen LogP contribution >= 0.6 is 11.3 Å². The Bertz CT molecular complexity index is 451. The van der Waals surface area contributed by atoms with Crippen LogP contribution in [0.5, 0.6) is 0 Å². The Labute approximate surface area is 133 Å². The third-order valence-electron chi connectivity index (χ3n) is 4.91. The lowest BCUT2D eigenvalue weighted by atomic mass is 9.98. The molecule has 0 spiro atoms. The van der Waals surface area contributed by atoms with Crippen LogP contribution in [0.25, 0.3) is 0 Å². The summed E-state index contributed by atoms with van der Waals surface area (Å²) in [6, 6.07) is 0.555. The number of nitrogens with zero attached hydrogens (tertiary/aromatic N) is 2. The molecular weight excluding hydrogens is 278 g/mol. The molecule has 0 radical (unpaired) electrons. The Morgan fingerprint density at radius 2 is 2.05 bits per heavy atom. The zero-order valence-electron chi connectivity index (χ0n) is 13.5. The first kappa shape index (κ1) is 15.3. The second-order valence-corrected chi connectivity index (χ2v) is 7.75. The van der Waals surface area contributed by atoms with Gasteiger partial charge in [0.2, 0.25) is 0 Å². The van der Waals surface area contributed by atoms with Crippen LogP contribution in [0.15, 0.2) is 0 Å². The standard InChI is InChI=1S/C17H29N3S/c1-3-11-18-14-9-6-10-15-16(14)21-17(19-15)20(2)12-13-7-4-5-8-13/h13-14,18H,3-12H2,1-2H3. The molecule has 1 aromatic rings. The number of hydrogen-bond acceptors (Lipinski definition) is 4. The first-order valence-electron chi connectivity index (χ1n) is 8.72. The number of hydrogen-bond donors (Lipinski definition) is 1. The minimum atomic E-state index is 0.555. The highest BCUT2D eigenvalue weighted by molar-refractivity contribution is 7.15. The molecular formula is C17H29N3S. The quantitative estimate of drug-likeness (QED) is 0.856. The summed E-state index contributed by atoms with van der Waals surface area (Å²) in [4.78, 5) is 8.88. The summed E-state index contributed by atoms with van der Waals surface area (Å²) < 4.78 is 0. The second-order valence-electron chi connectivity index (χ2n) is 6.74. The van der Waals surface area contributed by atoms with Gasteiger partial charge in [0.15, 0.2) is 5.13 Å². The first-order chi connectivity index (χ1) is 10.3. The summed E-state index contributed by atoms with van der Waals surface area (Å²) >= 11 is 1.94. The summed E-state index contributed by atoms with van der Waals surface area (Å²) in [5.74, 6) is 0.893. The van der Waals surface area contributed by atoms with Gasteiger partial charge in [0.25, 0.3) is 0 Å². The van der Waals surface area contributed by atoms with E-state index in [4.69, 9.17) is 4.98 Å². The molecule has 4 heteroatoms. The Kier molecular flexibility index (Phi) is 5.17. The van der Waals surface area contributed by atoms with Crippen LogP contribution in [-0.4, -0.2) is 25.1 Å². The van der Waals surface area contributed by atoms with Crippen molar-refractivity contribution < 1.29 is 0 Å². The maximum Gasteiger partial charge on any atom is 0.185 e. The van der Waals surface area contributed by atoms with Crippen LogP contribution in [0.2, 0.25) is 0 Å². The fourth-order valence-electron chi connectivity index (χ4n) is 3.74. The van der Waals surface area contributed by atoms with Gasteiger partial charge in [0, 0.05) is 24.5 Å². The van der Waals surface area contributed by atoms with E-state index in [1.165, 1.54) is 73.6 Å². The van der Waals surface area contributed by atoms with E-state index in [1.54, 1.807) is 0 Å². The summed E-state index contributed by atoms with van der Waals surface area (Å²) in [6.07, 6.45) is 10.6. The van der Waals surface area contributed by atoms with E-state index in [0.717, 1.165) is 12.5 Å². The Hall–Kier alpha value is -0.610. The lowest BCUT2D eigenvalue weighted by Gasteiger charge is -2.22. The second kappa shape index (κ2) is 7.10. The van der Waals surface area contributed by atoms with Gasteiger partial charge in [0.05, 0.1) is 5.69 Å². The topological polar surface area (TPSA) is 28.2 Å². The molecule has 0 aromatic carbocycles. The fraction of sp³-hybridized carbons (Fsp3) is 0.824. The zero-order valence-corrected chi connectivity index (χ0v) is 14.3. The van der Waals surface area contributed by atoms with Crippen LogP contribution in [0.3, 0.4) is 0 Å². The maximum atomic E-state index is 4.96. The van der Waals surface area contributed by atoms with Crippen molar-refractivity contribution in [2.75, 3.05) is 25.0 Å². The van der Waals surface area contributed by atoms with Crippen LogP contribution in [0.4, 0.5) is 5.13 Å². The molecule has 2 aliphatic rings. The number of aromatic nitrogens is 1. The number of thiazole rings is 1. The molecule has 2 aliphatic carbocycles. The van der Waals surface area contributed by atoms with Gasteiger partial charge in [0.1, 0.15) is 0 Å². The lowest BCUT2D eigenvalue weighted by Crippen LogP contribution is -2.24. The molecule has 1 unspecified atom stereocenters. The van der Waals surface area contributed by atoms with Crippen LogP contribution < -0.4 is 10.2 Å². The van der Waals surface area contributed by atoms with Gasteiger partial charge in [-0.3, -0.25) is 0 Å². The van der Waals surface area contributed by atoms with Crippen LogP contribution in [-0.2, 0) is 6.42 Å². The summed E-state index contributed by atoms with van der Waals surface area (Å²) in [7, 11) is 2.23. The molecule has 0 amide bonds. The smallest absolute Gasteiger partial charge is 0.185 e. The maximum absolute atomic E-state index is 4.96. The van der Waals surface area contributed by atoms with Gasteiger partial charge >= 0.3 is 0 Å². The summed E-state index contributed by atoms with van der Waals surface area (Å²) in [5.41, 5.74) is 1.37. The normalized spacial score (nSPS) is 22.5. The van der Waals surface area contributed by atoms with E-state index in [1.807, 2.05) is 11.3 Å². The Morgan fingerprint density at radius 3 is 2.81 bits per heavy atom. The number of rotatable bonds is 6. The fourth-order valence-corrected chi connectivity index (χ4v) is 4.93. The molecule has 1 aromatic heterocycles. The summed E-state index contributed by atoms with van der Waals surface area (Å²) in [6.45, 7) is 4.55. The van der Waals surface area contributed by atoms with Crippen molar-refractivity contribution in [2.45, 2.75) is 64.3 Å². The molecule has 1 heterocycles. The van der Waals surface area contributed by atoms with Gasteiger partial charge in [-0.25, -0.2) is 4.98 Å². The van der Waals surface area contributed by atoms with E-state index in [9.17, 15) is 0 Å². The predicted molar refractivity (Wildman–Crippen MR) is 91.3 cm³/mol. The number of aryl methyl sites for hydroxylation is 1. The predicted octanol–water partition coefficient (Wildman–Crippen LogP) is 4.15. The average Bonchev–Trinajstić information content (AvgIpc) is 3.13. The Balaban J connectivity index is 1.68. The largest absolute Gasteiger partial charge is 0.351 e. The molecule has 118 valence electrons. The van der Waals surface area contributed by atoms with E-state index < -0.39 is 0 Å². The molecule has 0 bridgehead atoms. The molecule has 3 nitrogen and oxygen atoms in total. The van der Waals surface area contributed by atoms with Gasteiger partial charge < -0.3 is 10.2 Å². The van der Waals surface area contributed by atoms with Gasteiger partial charge in [-0.2, -0.15) is 0 Å². The van der Waals surface area contributed by atoms with Gasteiger partial charge in [-0.05, 0) is 51.0 Å². The van der Waals surface area contributed by atoms with Gasteiger partial charge in [-0.1, -0.05) is 31.1 Å². The monoisotopic (exact) mass is 307 g/mol. The lowest BCUT2D eigenvalue weighted by molar-refractivity contribution is 0.464. The molecule has 1 saturated carbocycles. The van der Waals surface area contributed by atoms with Crippen molar-refractivity contribution in [1.82, 2.24) is 10.3 Å². The van der Waals surface area contributed by atoms with E-state index in [-0.39, 0.29) is 0 Å². The SMILES string of the molecule is CCCNC1CCCc2nc(N(C)CC3CCCC3)sc21. The van der Waals surface area contributed by atoms with Crippen molar-refractivity contribution in [3.63, 3.8) is 0 Å². The summed E-state index contributed by atoms with van der Waals surface area (Å²) in [5, 5.41) is 4.95. The molecule has 0 saturated heterocycles. The van der Waals surface area contributed by atoms with Crippen LogP contribution in [0, 0.1) is 5.92 Å². The molecule has 0 aliphatic heterocycles. The third kappa shape index (κ3) is 3.59.